The number of hydrogen-bond donors (Lipinski definition) is 1. The van der Waals surface area contributed by atoms with Crippen molar-refractivity contribution in [1.82, 2.24) is 0 Å². The molecule has 4 rings (SSSR count). The third-order valence-electron chi connectivity index (χ3n) is 4.95. The first-order chi connectivity index (χ1) is 12.9. The van der Waals surface area contributed by atoms with E-state index in [9.17, 15) is 14.7 Å². The van der Waals surface area contributed by atoms with Crippen LogP contribution in [-0.4, -0.2) is 18.0 Å². The maximum absolute atomic E-state index is 12.4. The second-order valence-corrected chi connectivity index (χ2v) is 7.40. The van der Waals surface area contributed by atoms with E-state index in [1.807, 2.05) is 12.2 Å². The highest BCUT2D eigenvalue weighted by atomic mass is 35.5. The van der Waals surface area contributed by atoms with Crippen LogP contribution in [0.25, 0.3) is 0 Å². The van der Waals surface area contributed by atoms with Crippen LogP contribution in [0.15, 0.2) is 48.6 Å². The lowest BCUT2D eigenvalue weighted by Gasteiger charge is -2.37. The molecule has 7 heteroatoms. The van der Waals surface area contributed by atoms with Gasteiger partial charge in [0.15, 0.2) is 0 Å². The highest BCUT2D eigenvalue weighted by molar-refractivity contribution is 6.36. The first-order valence-electron chi connectivity index (χ1n) is 8.39. The predicted molar refractivity (Wildman–Crippen MR) is 100 cm³/mol. The molecule has 2 aromatic carbocycles. The van der Waals surface area contributed by atoms with Gasteiger partial charge in [-0.15, -0.1) is 0 Å². The number of ether oxygens (including phenoxy) is 1. The summed E-state index contributed by atoms with van der Waals surface area (Å²) < 4.78 is 5.46. The van der Waals surface area contributed by atoms with Crippen LogP contribution in [0.1, 0.15) is 28.3 Å². The predicted octanol–water partition coefficient (Wildman–Crippen LogP) is 3.42. The van der Waals surface area contributed by atoms with Crippen molar-refractivity contribution in [3.05, 3.63) is 69.7 Å². The molecule has 138 valence electrons. The second-order valence-electron chi connectivity index (χ2n) is 6.56. The van der Waals surface area contributed by atoms with E-state index in [1.165, 1.54) is 12.1 Å². The maximum Gasteiger partial charge on any atom is 0.345 e. The summed E-state index contributed by atoms with van der Waals surface area (Å²) in [4.78, 5) is 23.9. The molecule has 0 aromatic heterocycles. The summed E-state index contributed by atoms with van der Waals surface area (Å²) in [6, 6.07) is 8.87. The molecule has 0 saturated carbocycles. The summed E-state index contributed by atoms with van der Waals surface area (Å²) in [7, 11) is 0. The number of carbonyl (C=O) groups excluding carboxylic acids is 2. The first-order valence-corrected chi connectivity index (χ1v) is 9.15. The zero-order valence-electron chi connectivity index (χ0n) is 13.9. The number of carboxylic acids is 1. The van der Waals surface area contributed by atoms with E-state index >= 15 is 0 Å². The van der Waals surface area contributed by atoms with Crippen molar-refractivity contribution in [3.8, 4) is 5.75 Å². The van der Waals surface area contributed by atoms with Crippen LogP contribution in [-0.2, 0) is 4.79 Å². The number of fused-ring (bicyclic) bond motifs is 3. The number of esters is 1. The van der Waals surface area contributed by atoms with Gasteiger partial charge in [0.05, 0.1) is 22.6 Å². The van der Waals surface area contributed by atoms with Crippen LogP contribution in [0.4, 0.5) is 5.69 Å². The molecule has 1 aliphatic carbocycles. The van der Waals surface area contributed by atoms with E-state index in [0.29, 0.717) is 22.9 Å². The average molecular weight is 403 g/mol. The molecule has 1 heterocycles. The molecular formula is C20H14Cl2NO4-. The van der Waals surface area contributed by atoms with E-state index in [2.05, 4.69) is 5.32 Å². The van der Waals surface area contributed by atoms with Crippen LogP contribution in [0.3, 0.4) is 0 Å². The van der Waals surface area contributed by atoms with Crippen LogP contribution >= 0.6 is 23.2 Å². The Balaban J connectivity index is 1.62. The van der Waals surface area contributed by atoms with Gasteiger partial charge in [-0.1, -0.05) is 35.4 Å². The van der Waals surface area contributed by atoms with Crippen molar-refractivity contribution in [2.24, 2.45) is 5.92 Å². The Hall–Kier alpha value is -2.50. The minimum Gasteiger partial charge on any atom is -0.548 e. The van der Waals surface area contributed by atoms with Crippen molar-refractivity contribution in [2.75, 3.05) is 5.32 Å². The number of benzene rings is 2. The summed E-state index contributed by atoms with van der Waals surface area (Å²) in [6.07, 6.45) is 4.61. The summed E-state index contributed by atoms with van der Waals surface area (Å²) in [6.45, 7) is 0. The minimum absolute atomic E-state index is 0.0677. The number of carboxylic acid groups (broad SMARTS) is 1. The van der Waals surface area contributed by atoms with Gasteiger partial charge in [-0.25, -0.2) is 4.79 Å². The van der Waals surface area contributed by atoms with Crippen LogP contribution in [0, 0.1) is 5.92 Å². The lowest BCUT2D eigenvalue weighted by molar-refractivity contribution is -0.308. The molecular weight excluding hydrogens is 389 g/mol. The third-order valence-corrected chi connectivity index (χ3v) is 5.50. The monoisotopic (exact) mass is 402 g/mol. The molecule has 1 aliphatic heterocycles. The van der Waals surface area contributed by atoms with E-state index in [-0.39, 0.29) is 22.4 Å². The second kappa shape index (κ2) is 6.91. The molecule has 0 unspecified atom stereocenters. The van der Waals surface area contributed by atoms with E-state index in [1.54, 1.807) is 24.3 Å². The van der Waals surface area contributed by atoms with Crippen LogP contribution in [0.2, 0.25) is 10.0 Å². The molecule has 0 spiro atoms. The lowest BCUT2D eigenvalue weighted by Crippen LogP contribution is -2.48. The molecule has 27 heavy (non-hydrogen) atoms. The van der Waals surface area contributed by atoms with Gasteiger partial charge in [-0.05, 0) is 54.3 Å². The fourth-order valence-electron chi connectivity index (χ4n) is 3.69. The van der Waals surface area contributed by atoms with Gasteiger partial charge in [0.2, 0.25) is 0 Å². The Morgan fingerprint density at radius 3 is 2.70 bits per heavy atom. The van der Waals surface area contributed by atoms with Crippen molar-refractivity contribution < 1.29 is 19.4 Å². The number of aliphatic carboxylic acids is 1. The lowest BCUT2D eigenvalue weighted by atomic mass is 9.79. The van der Waals surface area contributed by atoms with Crippen molar-refractivity contribution in [1.29, 1.82) is 0 Å². The van der Waals surface area contributed by atoms with Crippen LogP contribution in [0.5, 0.6) is 5.75 Å². The third kappa shape index (κ3) is 3.29. The molecule has 1 N–H and O–H groups in total. The number of hydrogen-bond acceptors (Lipinski definition) is 5. The van der Waals surface area contributed by atoms with Gasteiger partial charge in [0.1, 0.15) is 5.75 Å². The fourth-order valence-corrected chi connectivity index (χ4v) is 4.17. The number of rotatable bonds is 3. The Kier molecular flexibility index (Phi) is 4.58. The summed E-state index contributed by atoms with van der Waals surface area (Å²) >= 11 is 11.9. The highest BCUT2D eigenvalue weighted by Crippen LogP contribution is 2.45. The summed E-state index contributed by atoms with van der Waals surface area (Å²) in [5.74, 6) is -1.54. The van der Waals surface area contributed by atoms with Gasteiger partial charge in [-0.3, -0.25) is 0 Å². The highest BCUT2D eigenvalue weighted by Gasteiger charge is 2.38. The zero-order chi connectivity index (χ0) is 19.1. The van der Waals surface area contributed by atoms with Gasteiger partial charge in [0, 0.05) is 16.6 Å². The van der Waals surface area contributed by atoms with Crippen molar-refractivity contribution in [2.45, 2.75) is 18.4 Å². The van der Waals surface area contributed by atoms with E-state index in [0.717, 1.165) is 5.56 Å². The Bertz CT molecular complexity index is 972. The molecule has 5 nitrogen and oxygen atoms in total. The number of carbonyl (C=O) groups is 2. The van der Waals surface area contributed by atoms with Crippen LogP contribution < -0.4 is 15.2 Å². The molecule has 0 fully saturated rings. The van der Waals surface area contributed by atoms with Gasteiger partial charge < -0.3 is 20.0 Å². The van der Waals surface area contributed by atoms with Crippen molar-refractivity contribution >= 4 is 40.8 Å². The van der Waals surface area contributed by atoms with E-state index < -0.39 is 18.0 Å². The fraction of sp³-hybridized carbons (Fsp3) is 0.200. The van der Waals surface area contributed by atoms with Gasteiger partial charge in [-0.2, -0.15) is 0 Å². The van der Waals surface area contributed by atoms with Gasteiger partial charge >= 0.3 is 5.97 Å². The number of allylic oxidation sites excluding steroid dienone is 2. The molecule has 2 aliphatic rings. The number of halogens is 2. The topological polar surface area (TPSA) is 78.5 Å². The molecule has 0 bridgehead atoms. The standard InChI is InChI=1S/C20H15Cl2NO4/c21-10-4-6-14(16(22)8-10)20(26)27-11-5-7-17-15(9-11)12-2-1-3-13(12)18(23-17)19(24)25/h1-2,4-9,12-13,18,23H,3H2,(H,24,25)/p-1/t12-,13-,18+/m0/s1. The Morgan fingerprint density at radius 2 is 1.96 bits per heavy atom. The maximum atomic E-state index is 12.4. The summed E-state index contributed by atoms with van der Waals surface area (Å²) in [5, 5.41) is 15.1. The van der Waals surface area contributed by atoms with Crippen molar-refractivity contribution in [3.63, 3.8) is 0 Å². The molecule has 2 aromatic rings. The minimum atomic E-state index is -1.12. The normalized spacial score (nSPS) is 22.5. The zero-order valence-corrected chi connectivity index (χ0v) is 15.5. The first kappa shape index (κ1) is 17.9. The molecule has 3 atom stereocenters. The van der Waals surface area contributed by atoms with Gasteiger partial charge in [0.25, 0.3) is 0 Å². The average Bonchev–Trinajstić information content (AvgIpc) is 3.10. The van der Waals surface area contributed by atoms with E-state index in [4.69, 9.17) is 27.9 Å². The number of anilines is 1. The Morgan fingerprint density at radius 1 is 1.15 bits per heavy atom. The smallest absolute Gasteiger partial charge is 0.345 e. The molecule has 0 saturated heterocycles. The number of nitrogens with one attached hydrogen (secondary N) is 1. The SMILES string of the molecule is O=C(Oc1ccc2c(c1)[C@H]1C=CC[C@@H]1[C@H](C(=O)[O-])N2)c1ccc(Cl)cc1Cl. The molecule has 0 radical (unpaired) electrons. The largest absolute Gasteiger partial charge is 0.548 e. The molecule has 0 amide bonds. The Labute approximate surface area is 165 Å². The summed E-state index contributed by atoms with van der Waals surface area (Å²) in [5.41, 5.74) is 1.80. The quantitative estimate of drug-likeness (QED) is 0.483.